The van der Waals surface area contributed by atoms with Gasteiger partial charge in [0, 0.05) is 5.69 Å². The summed E-state index contributed by atoms with van der Waals surface area (Å²) in [5, 5.41) is 9.06. The molecule has 5 nitrogen and oxygen atoms in total. The maximum Gasteiger partial charge on any atom is 0.427 e. The zero-order valence-electron chi connectivity index (χ0n) is 6.56. The molecule has 3 N–H and O–H groups in total. The van der Waals surface area contributed by atoms with Crippen molar-refractivity contribution in [3.8, 4) is 0 Å². The molecule has 0 spiro atoms. The Balaban J connectivity index is 2.95. The summed E-state index contributed by atoms with van der Waals surface area (Å²) in [5.74, 6) is 5.40. The normalized spacial score (nSPS) is 9.50. The lowest BCUT2D eigenvalue weighted by Crippen LogP contribution is -2.36. The topological polar surface area (TPSA) is 79.5 Å². The van der Waals surface area contributed by atoms with E-state index in [2.05, 4.69) is 4.98 Å². The molecule has 1 heterocycles. The molecule has 12 heavy (non-hydrogen) atoms. The number of hydrogen-bond acceptors (Lipinski definition) is 3. The van der Waals surface area contributed by atoms with Crippen LogP contribution in [0.4, 0.5) is 10.6 Å². The summed E-state index contributed by atoms with van der Waals surface area (Å²) < 4.78 is 0. The molecule has 0 fully saturated rings. The number of amides is 1. The largest absolute Gasteiger partial charge is 0.464 e. The van der Waals surface area contributed by atoms with Gasteiger partial charge in [0.1, 0.15) is 0 Å². The summed E-state index contributed by atoms with van der Waals surface area (Å²) in [6, 6.07) is 4.99. The van der Waals surface area contributed by atoms with Crippen LogP contribution in [0.15, 0.2) is 18.2 Å². The molecule has 0 radical (unpaired) electrons. The molecule has 64 valence electrons. The van der Waals surface area contributed by atoms with Gasteiger partial charge >= 0.3 is 6.09 Å². The van der Waals surface area contributed by atoms with Crippen LogP contribution in [-0.2, 0) is 0 Å². The van der Waals surface area contributed by atoms with Gasteiger partial charge in [-0.05, 0) is 19.1 Å². The highest BCUT2D eigenvalue weighted by molar-refractivity contribution is 5.83. The lowest BCUT2D eigenvalue weighted by molar-refractivity contribution is 0.201. The van der Waals surface area contributed by atoms with Gasteiger partial charge in [-0.25, -0.2) is 15.6 Å². The number of anilines is 1. The number of hydrogen-bond donors (Lipinski definition) is 2. The summed E-state index contributed by atoms with van der Waals surface area (Å²) in [5.41, 5.74) is 0.726. The highest BCUT2D eigenvalue weighted by Gasteiger charge is 2.09. The molecule has 0 unspecified atom stereocenters. The average molecular weight is 167 g/mol. The number of aromatic nitrogens is 1. The number of hydrazine groups is 1. The summed E-state index contributed by atoms with van der Waals surface area (Å²) in [6.45, 7) is 1.76. The van der Waals surface area contributed by atoms with E-state index in [-0.39, 0.29) is 5.82 Å². The molecule has 1 amide bonds. The number of nitrogens with two attached hydrogens (primary N) is 1. The fraction of sp³-hybridized carbons (Fsp3) is 0.143. The molecule has 0 aliphatic carbocycles. The third-order valence-electron chi connectivity index (χ3n) is 1.33. The highest BCUT2D eigenvalue weighted by atomic mass is 16.4. The smallest absolute Gasteiger partial charge is 0.427 e. The molecule has 0 aliphatic rings. The molecule has 0 aliphatic heterocycles. The Kier molecular flexibility index (Phi) is 2.25. The molecular formula is C7H9N3O2. The van der Waals surface area contributed by atoms with Crippen LogP contribution in [0.25, 0.3) is 0 Å². The highest BCUT2D eigenvalue weighted by Crippen LogP contribution is 2.06. The number of rotatable bonds is 1. The van der Waals surface area contributed by atoms with Gasteiger partial charge in [-0.2, -0.15) is 5.01 Å². The lowest BCUT2D eigenvalue weighted by Gasteiger charge is -2.10. The minimum absolute atomic E-state index is 0.225. The molecule has 1 rings (SSSR count). The first-order valence-corrected chi connectivity index (χ1v) is 3.32. The van der Waals surface area contributed by atoms with Gasteiger partial charge in [-0.15, -0.1) is 0 Å². The molecular weight excluding hydrogens is 158 g/mol. The van der Waals surface area contributed by atoms with Crippen molar-refractivity contribution in [2.24, 2.45) is 5.84 Å². The van der Waals surface area contributed by atoms with Gasteiger partial charge in [0.15, 0.2) is 5.82 Å². The first-order valence-electron chi connectivity index (χ1n) is 3.32. The standard InChI is InChI=1S/C7H9N3O2/c1-5-3-2-4-6(9-5)10(8)7(11)12/h2-4H,8H2,1H3,(H,11,12). The number of nitrogens with zero attached hydrogens (tertiary/aromatic N) is 2. The monoisotopic (exact) mass is 167 g/mol. The summed E-state index contributed by atoms with van der Waals surface area (Å²) in [6.07, 6.45) is -1.23. The molecule has 0 bridgehead atoms. The zero-order chi connectivity index (χ0) is 9.14. The summed E-state index contributed by atoms with van der Waals surface area (Å²) >= 11 is 0. The van der Waals surface area contributed by atoms with E-state index in [1.807, 2.05) is 0 Å². The van der Waals surface area contributed by atoms with Crippen LogP contribution < -0.4 is 10.9 Å². The summed E-state index contributed by atoms with van der Waals surface area (Å²) in [4.78, 5) is 14.3. The van der Waals surface area contributed by atoms with Crippen molar-refractivity contribution in [2.45, 2.75) is 6.92 Å². The Bertz CT molecular complexity index is 300. The Morgan fingerprint density at radius 1 is 1.67 bits per heavy atom. The van der Waals surface area contributed by atoms with E-state index in [0.29, 0.717) is 5.01 Å². The number of pyridine rings is 1. The van der Waals surface area contributed by atoms with Crippen LogP contribution in [0, 0.1) is 6.92 Å². The van der Waals surface area contributed by atoms with Crippen molar-refractivity contribution in [1.82, 2.24) is 4.98 Å². The molecule has 0 saturated carbocycles. The van der Waals surface area contributed by atoms with Crippen molar-refractivity contribution >= 4 is 11.9 Å². The van der Waals surface area contributed by atoms with Gasteiger partial charge in [0.25, 0.3) is 0 Å². The fourth-order valence-electron chi connectivity index (χ4n) is 0.761. The van der Waals surface area contributed by atoms with E-state index in [1.54, 1.807) is 19.1 Å². The van der Waals surface area contributed by atoms with E-state index < -0.39 is 6.09 Å². The minimum atomic E-state index is -1.23. The Morgan fingerprint density at radius 3 is 2.83 bits per heavy atom. The van der Waals surface area contributed by atoms with Gasteiger partial charge in [0.05, 0.1) is 0 Å². The Morgan fingerprint density at radius 2 is 2.33 bits per heavy atom. The number of carbonyl (C=O) groups is 1. The average Bonchev–Trinajstić information content (AvgIpc) is 2.03. The first kappa shape index (κ1) is 8.48. The van der Waals surface area contributed by atoms with Crippen molar-refractivity contribution < 1.29 is 9.90 Å². The predicted octanol–water partition coefficient (Wildman–Crippen LogP) is 0.748. The SMILES string of the molecule is Cc1cccc(N(N)C(=O)O)n1. The van der Waals surface area contributed by atoms with Gasteiger partial charge in [-0.3, -0.25) is 0 Å². The van der Waals surface area contributed by atoms with Gasteiger partial charge in [-0.1, -0.05) is 6.07 Å². The van der Waals surface area contributed by atoms with E-state index in [4.69, 9.17) is 10.9 Å². The summed E-state index contributed by atoms with van der Waals surface area (Å²) in [7, 11) is 0. The number of carboxylic acid groups (broad SMARTS) is 1. The Hall–Kier alpha value is -1.62. The van der Waals surface area contributed by atoms with Crippen LogP contribution in [0.2, 0.25) is 0 Å². The second kappa shape index (κ2) is 3.19. The second-order valence-corrected chi connectivity index (χ2v) is 2.29. The van der Waals surface area contributed by atoms with Crippen LogP contribution in [0.1, 0.15) is 5.69 Å². The number of aryl methyl sites for hydroxylation is 1. The molecule has 0 atom stereocenters. The predicted molar refractivity (Wildman–Crippen MR) is 43.7 cm³/mol. The van der Waals surface area contributed by atoms with Crippen molar-refractivity contribution in [2.75, 3.05) is 5.01 Å². The van der Waals surface area contributed by atoms with Crippen molar-refractivity contribution in [1.29, 1.82) is 0 Å². The third kappa shape index (κ3) is 1.70. The minimum Gasteiger partial charge on any atom is -0.464 e. The van der Waals surface area contributed by atoms with E-state index in [9.17, 15) is 4.79 Å². The van der Waals surface area contributed by atoms with Crippen molar-refractivity contribution in [3.05, 3.63) is 23.9 Å². The molecule has 5 heteroatoms. The van der Waals surface area contributed by atoms with Crippen LogP contribution in [0.3, 0.4) is 0 Å². The Labute approximate surface area is 69.4 Å². The maximum atomic E-state index is 10.4. The second-order valence-electron chi connectivity index (χ2n) is 2.29. The van der Waals surface area contributed by atoms with Crippen LogP contribution >= 0.6 is 0 Å². The molecule has 1 aromatic rings. The van der Waals surface area contributed by atoms with Crippen LogP contribution in [-0.4, -0.2) is 16.2 Å². The van der Waals surface area contributed by atoms with Crippen LogP contribution in [0.5, 0.6) is 0 Å². The van der Waals surface area contributed by atoms with Gasteiger partial charge in [0.2, 0.25) is 0 Å². The fourth-order valence-corrected chi connectivity index (χ4v) is 0.761. The zero-order valence-corrected chi connectivity index (χ0v) is 6.56. The quantitative estimate of drug-likeness (QED) is 0.367. The van der Waals surface area contributed by atoms with E-state index >= 15 is 0 Å². The third-order valence-corrected chi connectivity index (χ3v) is 1.33. The van der Waals surface area contributed by atoms with Crippen molar-refractivity contribution in [3.63, 3.8) is 0 Å². The van der Waals surface area contributed by atoms with E-state index in [0.717, 1.165) is 5.69 Å². The van der Waals surface area contributed by atoms with Gasteiger partial charge < -0.3 is 5.11 Å². The molecule has 0 saturated heterocycles. The van der Waals surface area contributed by atoms with E-state index in [1.165, 1.54) is 6.07 Å². The first-order chi connectivity index (χ1) is 5.61. The lowest BCUT2D eigenvalue weighted by atomic mass is 10.4. The maximum absolute atomic E-state index is 10.4. The molecule has 0 aromatic carbocycles. The molecule has 1 aromatic heterocycles.